The van der Waals surface area contributed by atoms with E-state index in [0.717, 1.165) is 19.4 Å². The summed E-state index contributed by atoms with van der Waals surface area (Å²) in [5.74, 6) is 0. The van der Waals surface area contributed by atoms with Crippen molar-refractivity contribution in [2.45, 2.75) is 38.3 Å². The fourth-order valence-electron chi connectivity index (χ4n) is 1.73. The van der Waals surface area contributed by atoms with Gasteiger partial charge in [0.15, 0.2) is 0 Å². The molecule has 0 bridgehead atoms. The van der Waals surface area contributed by atoms with E-state index in [0.29, 0.717) is 6.04 Å². The van der Waals surface area contributed by atoms with Crippen LogP contribution in [0, 0.1) is 0 Å². The molecule has 1 rings (SSSR count). The standard InChI is InChI=1S/C9H18F2N2/c1-7-5-8(3-4-13(7)2)12-6-9(10)11/h7-9,12H,3-6H2,1-2H3. The molecule has 1 fully saturated rings. The molecule has 1 aliphatic heterocycles. The minimum absolute atomic E-state index is 0.166. The highest BCUT2D eigenvalue weighted by atomic mass is 19.3. The molecule has 1 heterocycles. The topological polar surface area (TPSA) is 15.3 Å². The summed E-state index contributed by atoms with van der Waals surface area (Å²) in [6.07, 6.45) is -0.272. The molecular formula is C9H18F2N2. The summed E-state index contributed by atoms with van der Waals surface area (Å²) in [5.41, 5.74) is 0. The first-order chi connectivity index (χ1) is 6.09. The molecule has 0 saturated carbocycles. The van der Waals surface area contributed by atoms with E-state index in [1.807, 2.05) is 0 Å². The largest absolute Gasteiger partial charge is 0.309 e. The number of nitrogens with one attached hydrogen (secondary N) is 1. The smallest absolute Gasteiger partial charge is 0.250 e. The first-order valence-corrected chi connectivity index (χ1v) is 4.81. The maximum atomic E-state index is 11.9. The number of halogens is 2. The Balaban J connectivity index is 2.21. The van der Waals surface area contributed by atoms with Gasteiger partial charge in [0.2, 0.25) is 0 Å². The van der Waals surface area contributed by atoms with Gasteiger partial charge in [-0.1, -0.05) is 0 Å². The summed E-state index contributed by atoms with van der Waals surface area (Å²) < 4.78 is 23.8. The number of alkyl halides is 2. The monoisotopic (exact) mass is 192 g/mol. The van der Waals surface area contributed by atoms with Gasteiger partial charge in [-0.25, -0.2) is 8.78 Å². The van der Waals surface area contributed by atoms with E-state index in [-0.39, 0.29) is 12.6 Å². The Bertz CT molecular complexity index is 153. The second kappa shape index (κ2) is 4.86. The highest BCUT2D eigenvalue weighted by Gasteiger charge is 2.22. The van der Waals surface area contributed by atoms with E-state index in [2.05, 4.69) is 24.2 Å². The predicted octanol–water partition coefficient (Wildman–Crippen LogP) is 1.32. The maximum absolute atomic E-state index is 11.9. The van der Waals surface area contributed by atoms with Crippen LogP contribution in [0.1, 0.15) is 19.8 Å². The molecule has 4 heteroatoms. The normalized spacial score (nSPS) is 31.2. The SMILES string of the molecule is CC1CC(NCC(F)F)CCN1C. The third kappa shape index (κ3) is 3.56. The highest BCUT2D eigenvalue weighted by molar-refractivity contribution is 4.81. The summed E-state index contributed by atoms with van der Waals surface area (Å²) in [5, 5.41) is 2.90. The van der Waals surface area contributed by atoms with Gasteiger partial charge in [0.05, 0.1) is 6.54 Å². The molecule has 0 aliphatic carbocycles. The molecule has 0 spiro atoms. The number of hydrogen-bond donors (Lipinski definition) is 1. The Labute approximate surface area is 78.3 Å². The molecule has 1 aliphatic rings. The second-order valence-electron chi connectivity index (χ2n) is 3.85. The molecule has 1 N–H and O–H groups in total. The Kier molecular flexibility index (Phi) is 4.06. The average Bonchev–Trinajstić information content (AvgIpc) is 2.07. The van der Waals surface area contributed by atoms with Crippen molar-refractivity contribution in [3.05, 3.63) is 0 Å². The van der Waals surface area contributed by atoms with Crippen molar-refractivity contribution in [2.24, 2.45) is 0 Å². The van der Waals surface area contributed by atoms with Crippen molar-refractivity contribution >= 4 is 0 Å². The molecule has 78 valence electrons. The quantitative estimate of drug-likeness (QED) is 0.725. The van der Waals surface area contributed by atoms with Crippen molar-refractivity contribution in [3.8, 4) is 0 Å². The van der Waals surface area contributed by atoms with Gasteiger partial charge in [-0.05, 0) is 33.4 Å². The maximum Gasteiger partial charge on any atom is 0.250 e. The Morgan fingerprint density at radius 2 is 2.23 bits per heavy atom. The van der Waals surface area contributed by atoms with Gasteiger partial charge < -0.3 is 10.2 Å². The van der Waals surface area contributed by atoms with Crippen LogP contribution in [0.3, 0.4) is 0 Å². The van der Waals surface area contributed by atoms with Crippen LogP contribution in [0.15, 0.2) is 0 Å². The van der Waals surface area contributed by atoms with Crippen LogP contribution in [-0.4, -0.2) is 43.5 Å². The van der Waals surface area contributed by atoms with E-state index in [1.165, 1.54) is 0 Å². The van der Waals surface area contributed by atoms with E-state index in [9.17, 15) is 8.78 Å². The lowest BCUT2D eigenvalue weighted by Gasteiger charge is -2.35. The summed E-state index contributed by atoms with van der Waals surface area (Å²) in [6.45, 7) is 2.97. The number of rotatable bonds is 3. The third-order valence-electron chi connectivity index (χ3n) is 2.77. The Hall–Kier alpha value is -0.220. The molecule has 2 unspecified atom stereocenters. The molecular weight excluding hydrogens is 174 g/mol. The van der Waals surface area contributed by atoms with Crippen LogP contribution in [-0.2, 0) is 0 Å². The highest BCUT2D eigenvalue weighted by Crippen LogP contribution is 2.15. The molecule has 2 atom stereocenters. The van der Waals surface area contributed by atoms with Crippen LogP contribution in [0.25, 0.3) is 0 Å². The van der Waals surface area contributed by atoms with Gasteiger partial charge in [0, 0.05) is 12.1 Å². The summed E-state index contributed by atoms with van der Waals surface area (Å²) in [7, 11) is 2.08. The van der Waals surface area contributed by atoms with E-state index >= 15 is 0 Å². The first kappa shape index (κ1) is 10.9. The van der Waals surface area contributed by atoms with Crippen molar-refractivity contribution < 1.29 is 8.78 Å². The molecule has 13 heavy (non-hydrogen) atoms. The Morgan fingerprint density at radius 1 is 1.54 bits per heavy atom. The van der Waals surface area contributed by atoms with E-state index < -0.39 is 6.43 Å². The van der Waals surface area contributed by atoms with E-state index in [1.54, 1.807) is 0 Å². The fourth-order valence-corrected chi connectivity index (χ4v) is 1.73. The predicted molar refractivity (Wildman–Crippen MR) is 49.1 cm³/mol. The van der Waals surface area contributed by atoms with Crippen LogP contribution in [0.2, 0.25) is 0 Å². The van der Waals surface area contributed by atoms with Gasteiger partial charge in [0.25, 0.3) is 6.43 Å². The molecule has 0 radical (unpaired) electrons. The zero-order chi connectivity index (χ0) is 9.84. The van der Waals surface area contributed by atoms with Crippen molar-refractivity contribution in [1.82, 2.24) is 10.2 Å². The minimum Gasteiger partial charge on any atom is -0.309 e. The van der Waals surface area contributed by atoms with Gasteiger partial charge in [0.1, 0.15) is 0 Å². The van der Waals surface area contributed by atoms with Crippen LogP contribution < -0.4 is 5.32 Å². The van der Waals surface area contributed by atoms with Gasteiger partial charge in [-0.2, -0.15) is 0 Å². The zero-order valence-electron chi connectivity index (χ0n) is 8.26. The van der Waals surface area contributed by atoms with Crippen LogP contribution in [0.5, 0.6) is 0 Å². The van der Waals surface area contributed by atoms with Crippen molar-refractivity contribution in [1.29, 1.82) is 0 Å². The van der Waals surface area contributed by atoms with E-state index in [4.69, 9.17) is 0 Å². The molecule has 1 saturated heterocycles. The van der Waals surface area contributed by atoms with Crippen LogP contribution >= 0.6 is 0 Å². The van der Waals surface area contributed by atoms with Gasteiger partial charge in [-0.15, -0.1) is 0 Å². The minimum atomic E-state index is -2.23. The summed E-state index contributed by atoms with van der Waals surface area (Å²) in [6, 6.07) is 0.782. The Morgan fingerprint density at radius 3 is 2.77 bits per heavy atom. The average molecular weight is 192 g/mol. The third-order valence-corrected chi connectivity index (χ3v) is 2.77. The summed E-state index contributed by atoms with van der Waals surface area (Å²) >= 11 is 0. The van der Waals surface area contributed by atoms with Crippen molar-refractivity contribution in [3.63, 3.8) is 0 Å². The van der Waals surface area contributed by atoms with Crippen molar-refractivity contribution in [2.75, 3.05) is 20.1 Å². The van der Waals surface area contributed by atoms with Gasteiger partial charge in [-0.3, -0.25) is 0 Å². The van der Waals surface area contributed by atoms with Gasteiger partial charge >= 0.3 is 0 Å². The second-order valence-corrected chi connectivity index (χ2v) is 3.85. The number of piperidine rings is 1. The fraction of sp³-hybridized carbons (Fsp3) is 1.00. The molecule has 0 aromatic rings. The zero-order valence-corrected chi connectivity index (χ0v) is 8.26. The lowest BCUT2D eigenvalue weighted by Crippen LogP contribution is -2.46. The lowest BCUT2D eigenvalue weighted by atomic mass is 9.99. The number of likely N-dealkylation sites (tertiary alicyclic amines) is 1. The molecule has 0 amide bonds. The molecule has 0 aromatic heterocycles. The molecule has 2 nitrogen and oxygen atoms in total. The molecule has 0 aromatic carbocycles. The number of nitrogens with zero attached hydrogens (tertiary/aromatic N) is 1. The summed E-state index contributed by atoms with van der Waals surface area (Å²) in [4.78, 5) is 2.26. The number of hydrogen-bond acceptors (Lipinski definition) is 2. The lowest BCUT2D eigenvalue weighted by molar-refractivity contribution is 0.121. The van der Waals surface area contributed by atoms with Crippen LogP contribution in [0.4, 0.5) is 8.78 Å². The first-order valence-electron chi connectivity index (χ1n) is 4.81.